The number of rotatable bonds is 3. The third-order valence-corrected chi connectivity index (χ3v) is 3.54. The maximum atomic E-state index is 11.8. The Kier molecular flexibility index (Phi) is 3.17. The van der Waals surface area contributed by atoms with Gasteiger partial charge in [0.1, 0.15) is 5.66 Å². The molecule has 0 aromatic rings. The van der Waals surface area contributed by atoms with Crippen LogP contribution in [-0.2, 0) is 9.59 Å². The van der Waals surface area contributed by atoms with Gasteiger partial charge < -0.3 is 0 Å². The fraction of sp³-hybridized carbons (Fsp3) is 0.818. The van der Waals surface area contributed by atoms with Gasteiger partial charge >= 0.3 is 0 Å². The van der Waals surface area contributed by atoms with Crippen molar-refractivity contribution in [2.45, 2.75) is 37.8 Å². The van der Waals surface area contributed by atoms with Crippen molar-refractivity contribution in [1.82, 2.24) is 10.2 Å². The molecule has 4 heteroatoms. The van der Waals surface area contributed by atoms with E-state index in [-0.39, 0.29) is 5.78 Å². The van der Waals surface area contributed by atoms with Gasteiger partial charge in [0.05, 0.1) is 0 Å². The first-order chi connectivity index (χ1) is 7.29. The number of aldehydes is 1. The van der Waals surface area contributed by atoms with Gasteiger partial charge in [0.25, 0.3) is 0 Å². The second kappa shape index (κ2) is 4.41. The predicted molar refractivity (Wildman–Crippen MR) is 56.5 cm³/mol. The van der Waals surface area contributed by atoms with Crippen molar-refractivity contribution in [2.75, 3.05) is 19.6 Å². The lowest BCUT2D eigenvalue weighted by molar-refractivity contribution is -0.140. The lowest BCUT2D eigenvalue weighted by Gasteiger charge is -2.41. The lowest BCUT2D eigenvalue weighted by Crippen LogP contribution is -2.62. The van der Waals surface area contributed by atoms with Crippen molar-refractivity contribution in [2.24, 2.45) is 0 Å². The molecule has 15 heavy (non-hydrogen) atoms. The number of carbonyl (C=O) groups is 2. The first-order valence-corrected chi connectivity index (χ1v) is 5.79. The first-order valence-electron chi connectivity index (χ1n) is 5.79. The summed E-state index contributed by atoms with van der Waals surface area (Å²) >= 11 is 0. The van der Waals surface area contributed by atoms with E-state index in [0.717, 1.165) is 45.3 Å². The molecule has 2 aliphatic heterocycles. The SMILES string of the molecule is O=CC(=O)C1(N2CCCCC2)CCCN1. The normalized spacial score (nSPS) is 32.8. The summed E-state index contributed by atoms with van der Waals surface area (Å²) in [5.74, 6) is -0.290. The Morgan fingerprint density at radius 3 is 2.47 bits per heavy atom. The van der Waals surface area contributed by atoms with Gasteiger partial charge in [-0.25, -0.2) is 0 Å². The monoisotopic (exact) mass is 210 g/mol. The lowest BCUT2D eigenvalue weighted by atomic mass is 9.97. The zero-order valence-corrected chi connectivity index (χ0v) is 9.00. The predicted octanol–water partition coefficient (Wildman–Crippen LogP) is 0.320. The van der Waals surface area contributed by atoms with Gasteiger partial charge in [-0.15, -0.1) is 0 Å². The minimum Gasteiger partial charge on any atom is -0.294 e. The van der Waals surface area contributed by atoms with Crippen molar-refractivity contribution < 1.29 is 9.59 Å². The van der Waals surface area contributed by atoms with Crippen LogP contribution in [0.15, 0.2) is 0 Å². The second-order valence-electron chi connectivity index (χ2n) is 4.42. The zero-order valence-electron chi connectivity index (χ0n) is 9.00. The molecule has 2 fully saturated rings. The first kappa shape index (κ1) is 10.8. The number of piperidine rings is 1. The van der Waals surface area contributed by atoms with E-state index in [2.05, 4.69) is 10.2 Å². The highest BCUT2D eigenvalue weighted by Crippen LogP contribution is 2.27. The quantitative estimate of drug-likeness (QED) is 0.538. The summed E-state index contributed by atoms with van der Waals surface area (Å²) in [5, 5.41) is 3.24. The van der Waals surface area contributed by atoms with Gasteiger partial charge in [-0.1, -0.05) is 6.42 Å². The molecule has 84 valence electrons. The largest absolute Gasteiger partial charge is 0.294 e. The van der Waals surface area contributed by atoms with Crippen molar-refractivity contribution in [3.63, 3.8) is 0 Å². The molecule has 4 nitrogen and oxygen atoms in total. The average molecular weight is 210 g/mol. The molecular formula is C11H18N2O2. The number of hydrogen-bond donors (Lipinski definition) is 1. The molecule has 0 radical (unpaired) electrons. The van der Waals surface area contributed by atoms with Crippen LogP contribution in [0, 0.1) is 0 Å². The number of Topliss-reactive ketones (excluding diaryl/α,β-unsaturated/α-hetero) is 1. The van der Waals surface area contributed by atoms with Crippen LogP contribution in [0.25, 0.3) is 0 Å². The number of nitrogens with zero attached hydrogens (tertiary/aromatic N) is 1. The third kappa shape index (κ3) is 1.84. The Hall–Kier alpha value is -0.740. The van der Waals surface area contributed by atoms with Crippen LogP contribution in [-0.4, -0.2) is 42.3 Å². The summed E-state index contributed by atoms with van der Waals surface area (Å²) < 4.78 is 0. The van der Waals surface area contributed by atoms with Crippen LogP contribution in [0.2, 0.25) is 0 Å². The molecule has 2 saturated heterocycles. The average Bonchev–Trinajstić information content (AvgIpc) is 2.79. The molecule has 0 aromatic heterocycles. The minimum atomic E-state index is -0.651. The summed E-state index contributed by atoms with van der Waals surface area (Å²) in [6.07, 6.45) is 5.75. The molecular weight excluding hydrogens is 192 g/mol. The fourth-order valence-electron chi connectivity index (χ4n) is 2.74. The number of carbonyl (C=O) groups excluding carboxylic acids is 2. The van der Waals surface area contributed by atoms with E-state index in [0.29, 0.717) is 6.29 Å². The van der Waals surface area contributed by atoms with Crippen molar-refractivity contribution in [1.29, 1.82) is 0 Å². The van der Waals surface area contributed by atoms with Crippen molar-refractivity contribution in [3.05, 3.63) is 0 Å². The maximum absolute atomic E-state index is 11.8. The summed E-state index contributed by atoms with van der Waals surface area (Å²) in [6.45, 7) is 2.72. The van der Waals surface area contributed by atoms with Crippen LogP contribution in [0.3, 0.4) is 0 Å². The number of hydrogen-bond acceptors (Lipinski definition) is 4. The van der Waals surface area contributed by atoms with Gasteiger partial charge in [0.2, 0.25) is 5.78 Å². The molecule has 0 spiro atoms. The molecule has 0 aromatic carbocycles. The highest BCUT2D eigenvalue weighted by Gasteiger charge is 2.45. The smallest absolute Gasteiger partial charge is 0.229 e. The second-order valence-corrected chi connectivity index (χ2v) is 4.42. The number of likely N-dealkylation sites (tertiary alicyclic amines) is 1. The molecule has 0 saturated carbocycles. The molecule has 0 aliphatic carbocycles. The van der Waals surface area contributed by atoms with Crippen LogP contribution >= 0.6 is 0 Å². The Morgan fingerprint density at radius 2 is 1.93 bits per heavy atom. The van der Waals surface area contributed by atoms with E-state index in [9.17, 15) is 9.59 Å². The standard InChI is InChI=1S/C11H18N2O2/c14-9-10(15)11(5-4-6-12-11)13-7-2-1-3-8-13/h9,12H,1-8H2. The number of ketones is 1. The maximum Gasteiger partial charge on any atom is 0.229 e. The van der Waals surface area contributed by atoms with Gasteiger partial charge in [-0.3, -0.25) is 19.8 Å². The summed E-state index contributed by atoms with van der Waals surface area (Å²) in [6, 6.07) is 0. The molecule has 0 amide bonds. The molecule has 0 bridgehead atoms. The molecule has 2 heterocycles. The summed E-state index contributed by atoms with van der Waals surface area (Å²) in [4.78, 5) is 24.7. The Labute approximate surface area is 90.0 Å². The van der Waals surface area contributed by atoms with Crippen LogP contribution in [0.1, 0.15) is 32.1 Å². The fourth-order valence-corrected chi connectivity index (χ4v) is 2.74. The van der Waals surface area contributed by atoms with E-state index in [1.54, 1.807) is 0 Å². The molecule has 2 aliphatic rings. The zero-order chi connectivity index (χ0) is 10.7. The van der Waals surface area contributed by atoms with E-state index < -0.39 is 5.66 Å². The third-order valence-electron chi connectivity index (χ3n) is 3.54. The van der Waals surface area contributed by atoms with Gasteiger partial charge in [0, 0.05) is 13.1 Å². The van der Waals surface area contributed by atoms with Crippen molar-refractivity contribution in [3.8, 4) is 0 Å². The Morgan fingerprint density at radius 1 is 1.20 bits per heavy atom. The Balaban J connectivity index is 2.16. The molecule has 2 rings (SSSR count). The van der Waals surface area contributed by atoms with Gasteiger partial charge in [-0.2, -0.15) is 0 Å². The topological polar surface area (TPSA) is 49.4 Å². The van der Waals surface area contributed by atoms with E-state index in [1.165, 1.54) is 6.42 Å². The molecule has 1 atom stereocenters. The molecule has 1 unspecified atom stereocenters. The van der Waals surface area contributed by atoms with E-state index >= 15 is 0 Å². The number of nitrogens with one attached hydrogen (secondary N) is 1. The van der Waals surface area contributed by atoms with Gasteiger partial charge in [-0.05, 0) is 32.2 Å². The minimum absolute atomic E-state index is 0.290. The highest BCUT2D eigenvalue weighted by atomic mass is 16.2. The Bertz CT molecular complexity index is 253. The van der Waals surface area contributed by atoms with Crippen LogP contribution in [0.5, 0.6) is 0 Å². The summed E-state index contributed by atoms with van der Waals surface area (Å²) in [7, 11) is 0. The molecule has 1 N–H and O–H groups in total. The van der Waals surface area contributed by atoms with Gasteiger partial charge in [0.15, 0.2) is 6.29 Å². The highest BCUT2D eigenvalue weighted by molar-refractivity contribution is 6.29. The van der Waals surface area contributed by atoms with E-state index in [1.807, 2.05) is 0 Å². The van der Waals surface area contributed by atoms with Crippen LogP contribution in [0.4, 0.5) is 0 Å². The van der Waals surface area contributed by atoms with Crippen LogP contribution < -0.4 is 5.32 Å². The summed E-state index contributed by atoms with van der Waals surface area (Å²) in [5.41, 5.74) is -0.651. The van der Waals surface area contributed by atoms with E-state index in [4.69, 9.17) is 0 Å². The van der Waals surface area contributed by atoms with Crippen molar-refractivity contribution >= 4 is 12.1 Å².